The molecule has 0 radical (unpaired) electrons. The average Bonchev–Trinajstić information content (AvgIpc) is 2.31. The van der Waals surface area contributed by atoms with Crippen LogP contribution in [0, 0.1) is 0 Å². The predicted octanol–water partition coefficient (Wildman–Crippen LogP) is 2.80. The summed E-state index contributed by atoms with van der Waals surface area (Å²) in [6.45, 7) is 0.574. The SMILES string of the molecule is O=c1[nH]ncc(NCc2cccc(Cl)c2)c1Br. The monoisotopic (exact) mass is 313 g/mol. The largest absolute Gasteiger partial charge is 0.379 e. The van der Waals surface area contributed by atoms with E-state index in [4.69, 9.17) is 11.6 Å². The number of H-pyrrole nitrogens is 1. The van der Waals surface area contributed by atoms with Crippen LogP contribution < -0.4 is 10.9 Å². The summed E-state index contributed by atoms with van der Waals surface area (Å²) >= 11 is 9.07. The van der Waals surface area contributed by atoms with Gasteiger partial charge in [-0.15, -0.1) is 0 Å². The molecule has 0 amide bonds. The predicted molar refractivity (Wildman–Crippen MR) is 71.3 cm³/mol. The Morgan fingerprint density at radius 2 is 2.29 bits per heavy atom. The number of rotatable bonds is 3. The Hall–Kier alpha value is -1.33. The molecular formula is C11H9BrClN3O. The van der Waals surface area contributed by atoms with E-state index in [1.54, 1.807) is 6.20 Å². The molecule has 0 saturated heterocycles. The van der Waals surface area contributed by atoms with Gasteiger partial charge < -0.3 is 5.32 Å². The molecule has 0 aliphatic heterocycles. The summed E-state index contributed by atoms with van der Waals surface area (Å²) in [4.78, 5) is 11.3. The number of halogens is 2. The molecule has 0 aliphatic carbocycles. The molecule has 1 aromatic heterocycles. The first-order chi connectivity index (χ1) is 8.16. The molecule has 0 saturated carbocycles. The van der Waals surface area contributed by atoms with Crippen molar-refractivity contribution in [1.82, 2.24) is 10.2 Å². The molecule has 0 unspecified atom stereocenters. The van der Waals surface area contributed by atoms with Gasteiger partial charge in [0.15, 0.2) is 0 Å². The molecule has 2 N–H and O–H groups in total. The highest BCUT2D eigenvalue weighted by atomic mass is 79.9. The van der Waals surface area contributed by atoms with E-state index in [9.17, 15) is 4.79 Å². The van der Waals surface area contributed by atoms with Crippen LogP contribution in [-0.2, 0) is 6.54 Å². The Morgan fingerprint density at radius 3 is 3.06 bits per heavy atom. The van der Waals surface area contributed by atoms with Gasteiger partial charge in [0, 0.05) is 11.6 Å². The molecule has 0 aliphatic rings. The number of benzene rings is 1. The quantitative estimate of drug-likeness (QED) is 0.916. The Balaban J connectivity index is 2.13. The van der Waals surface area contributed by atoms with Crippen LogP contribution in [0.15, 0.2) is 39.7 Å². The van der Waals surface area contributed by atoms with Crippen LogP contribution in [0.5, 0.6) is 0 Å². The smallest absolute Gasteiger partial charge is 0.280 e. The summed E-state index contributed by atoms with van der Waals surface area (Å²) in [5.74, 6) is 0. The maximum Gasteiger partial charge on any atom is 0.280 e. The topological polar surface area (TPSA) is 57.8 Å². The number of nitrogens with one attached hydrogen (secondary N) is 2. The van der Waals surface area contributed by atoms with E-state index in [-0.39, 0.29) is 5.56 Å². The second-order valence-corrected chi connectivity index (χ2v) is 4.64. The van der Waals surface area contributed by atoms with E-state index in [1.165, 1.54) is 0 Å². The number of anilines is 1. The second kappa shape index (κ2) is 5.33. The lowest BCUT2D eigenvalue weighted by molar-refractivity contribution is 0.971. The Kier molecular flexibility index (Phi) is 3.81. The van der Waals surface area contributed by atoms with E-state index in [2.05, 4.69) is 31.4 Å². The highest BCUT2D eigenvalue weighted by Crippen LogP contribution is 2.17. The zero-order chi connectivity index (χ0) is 12.3. The molecule has 1 heterocycles. The van der Waals surface area contributed by atoms with E-state index < -0.39 is 0 Å². The minimum Gasteiger partial charge on any atom is -0.379 e. The third-order valence-corrected chi connectivity index (χ3v) is 3.19. The zero-order valence-corrected chi connectivity index (χ0v) is 11.0. The van der Waals surface area contributed by atoms with E-state index in [1.807, 2.05) is 24.3 Å². The Bertz CT molecular complexity index is 585. The number of aromatic nitrogens is 2. The minimum atomic E-state index is -0.263. The van der Waals surface area contributed by atoms with Gasteiger partial charge in [-0.2, -0.15) is 5.10 Å². The van der Waals surface area contributed by atoms with Gasteiger partial charge >= 0.3 is 0 Å². The van der Waals surface area contributed by atoms with Crippen LogP contribution in [0.4, 0.5) is 5.69 Å². The maximum absolute atomic E-state index is 11.3. The summed E-state index contributed by atoms with van der Waals surface area (Å²) in [5, 5.41) is 9.85. The van der Waals surface area contributed by atoms with Gasteiger partial charge in [-0.25, -0.2) is 5.10 Å². The van der Waals surface area contributed by atoms with E-state index >= 15 is 0 Å². The van der Waals surface area contributed by atoms with Crippen LogP contribution in [-0.4, -0.2) is 10.2 Å². The van der Waals surface area contributed by atoms with Crippen LogP contribution in [0.3, 0.4) is 0 Å². The number of hydrogen-bond acceptors (Lipinski definition) is 3. The highest BCUT2D eigenvalue weighted by Gasteiger charge is 2.03. The van der Waals surface area contributed by atoms with Crippen molar-refractivity contribution in [3.05, 3.63) is 55.9 Å². The van der Waals surface area contributed by atoms with Crippen molar-refractivity contribution in [2.24, 2.45) is 0 Å². The van der Waals surface area contributed by atoms with Gasteiger partial charge in [0.05, 0.1) is 11.9 Å². The van der Waals surface area contributed by atoms with Crippen molar-refractivity contribution < 1.29 is 0 Å². The Labute approximate surface area is 111 Å². The lowest BCUT2D eigenvalue weighted by Crippen LogP contribution is -2.12. The number of hydrogen-bond donors (Lipinski definition) is 2. The zero-order valence-electron chi connectivity index (χ0n) is 8.71. The molecule has 2 rings (SSSR count). The standard InChI is InChI=1S/C11H9BrClN3O/c12-10-9(6-15-16-11(10)17)14-5-7-2-1-3-8(13)4-7/h1-4,6H,5H2,(H2,14,16,17). The molecule has 17 heavy (non-hydrogen) atoms. The van der Waals surface area contributed by atoms with Gasteiger partial charge in [-0.3, -0.25) is 4.79 Å². The normalized spacial score (nSPS) is 10.2. The maximum atomic E-state index is 11.3. The molecular weight excluding hydrogens is 305 g/mol. The fourth-order valence-corrected chi connectivity index (χ4v) is 1.90. The summed E-state index contributed by atoms with van der Waals surface area (Å²) < 4.78 is 0.439. The fraction of sp³-hybridized carbons (Fsp3) is 0.0909. The van der Waals surface area contributed by atoms with E-state index in [0.717, 1.165) is 5.56 Å². The molecule has 0 bridgehead atoms. The van der Waals surface area contributed by atoms with Crippen molar-refractivity contribution in [2.45, 2.75) is 6.54 Å². The van der Waals surface area contributed by atoms with Crippen molar-refractivity contribution in [3.63, 3.8) is 0 Å². The summed E-state index contributed by atoms with van der Waals surface area (Å²) in [6, 6.07) is 7.51. The van der Waals surface area contributed by atoms with Gasteiger partial charge in [0.25, 0.3) is 5.56 Å². The van der Waals surface area contributed by atoms with Crippen molar-refractivity contribution in [3.8, 4) is 0 Å². The summed E-state index contributed by atoms with van der Waals surface area (Å²) in [7, 11) is 0. The average molecular weight is 315 g/mol. The first kappa shape index (κ1) is 12.1. The molecule has 2 aromatic rings. The molecule has 4 nitrogen and oxygen atoms in total. The highest BCUT2D eigenvalue weighted by molar-refractivity contribution is 9.10. The van der Waals surface area contributed by atoms with Crippen molar-refractivity contribution in [2.75, 3.05) is 5.32 Å². The number of nitrogens with zero attached hydrogens (tertiary/aromatic N) is 1. The molecule has 0 spiro atoms. The van der Waals surface area contributed by atoms with Gasteiger partial charge in [-0.05, 0) is 33.6 Å². The van der Waals surface area contributed by atoms with Gasteiger partial charge in [-0.1, -0.05) is 23.7 Å². The molecule has 0 atom stereocenters. The summed E-state index contributed by atoms with van der Waals surface area (Å²) in [6.07, 6.45) is 1.55. The molecule has 88 valence electrons. The van der Waals surface area contributed by atoms with Gasteiger partial charge in [0.2, 0.25) is 0 Å². The summed E-state index contributed by atoms with van der Waals surface area (Å²) in [5.41, 5.74) is 1.42. The second-order valence-electron chi connectivity index (χ2n) is 3.41. The third kappa shape index (κ3) is 3.08. The molecule has 1 aromatic carbocycles. The number of aromatic amines is 1. The van der Waals surface area contributed by atoms with Gasteiger partial charge in [0.1, 0.15) is 4.47 Å². The van der Waals surface area contributed by atoms with Crippen LogP contribution in [0.1, 0.15) is 5.56 Å². The van der Waals surface area contributed by atoms with Crippen LogP contribution >= 0.6 is 27.5 Å². The van der Waals surface area contributed by atoms with Crippen molar-refractivity contribution >= 4 is 33.2 Å². The first-order valence-electron chi connectivity index (χ1n) is 4.88. The third-order valence-electron chi connectivity index (χ3n) is 2.17. The lowest BCUT2D eigenvalue weighted by atomic mass is 10.2. The van der Waals surface area contributed by atoms with E-state index in [0.29, 0.717) is 21.7 Å². The fourth-order valence-electron chi connectivity index (χ4n) is 1.35. The van der Waals surface area contributed by atoms with Crippen LogP contribution in [0.2, 0.25) is 5.02 Å². The minimum absolute atomic E-state index is 0.263. The van der Waals surface area contributed by atoms with Crippen LogP contribution in [0.25, 0.3) is 0 Å². The molecule has 6 heteroatoms. The Morgan fingerprint density at radius 1 is 1.47 bits per heavy atom. The van der Waals surface area contributed by atoms with Crippen molar-refractivity contribution in [1.29, 1.82) is 0 Å². The lowest BCUT2D eigenvalue weighted by Gasteiger charge is -2.07. The first-order valence-corrected chi connectivity index (χ1v) is 6.05. The molecule has 0 fully saturated rings.